The molecule has 3 nitrogen and oxygen atoms in total. The fourth-order valence-corrected chi connectivity index (χ4v) is 2.32. The maximum atomic E-state index is 10.7. The lowest BCUT2D eigenvalue weighted by molar-refractivity contribution is 0.0684. The van der Waals surface area contributed by atoms with Crippen LogP contribution in [0.1, 0.15) is 20.8 Å². The average molecular weight is 184 g/mol. The summed E-state index contributed by atoms with van der Waals surface area (Å²) >= 11 is 1.52. The second kappa shape index (κ2) is 2.88. The largest absolute Gasteiger partial charge is 0.478 e. The van der Waals surface area contributed by atoms with Gasteiger partial charge in [0.05, 0.1) is 18.8 Å². The summed E-state index contributed by atoms with van der Waals surface area (Å²) < 4.78 is 5.19. The Morgan fingerprint density at radius 2 is 2.50 bits per heavy atom. The normalized spacial score (nSPS) is 15.7. The van der Waals surface area contributed by atoms with Gasteiger partial charge in [-0.1, -0.05) is 0 Å². The number of carbonyl (C=O) groups is 1. The zero-order valence-electron chi connectivity index (χ0n) is 6.37. The molecule has 0 aliphatic carbocycles. The Bertz CT molecular complexity index is 316. The molecule has 0 radical (unpaired) electrons. The van der Waals surface area contributed by atoms with Gasteiger partial charge in [0.25, 0.3) is 0 Å². The molecule has 0 saturated carbocycles. The first-order chi connectivity index (χ1) is 5.79. The maximum absolute atomic E-state index is 10.7. The number of carboxylic acids is 1. The van der Waals surface area contributed by atoms with Crippen molar-refractivity contribution in [3.05, 3.63) is 21.4 Å². The Kier molecular flexibility index (Phi) is 1.86. The molecule has 0 fully saturated rings. The van der Waals surface area contributed by atoms with E-state index in [4.69, 9.17) is 9.84 Å². The van der Waals surface area contributed by atoms with E-state index in [0.717, 1.165) is 12.0 Å². The van der Waals surface area contributed by atoms with Crippen molar-refractivity contribution in [1.29, 1.82) is 0 Å². The van der Waals surface area contributed by atoms with Gasteiger partial charge < -0.3 is 9.84 Å². The first kappa shape index (κ1) is 7.76. The van der Waals surface area contributed by atoms with Crippen LogP contribution >= 0.6 is 11.3 Å². The molecule has 2 heterocycles. The SMILES string of the molecule is O=C(O)c1csc2c1COCC2. The number of fused-ring (bicyclic) bond motifs is 1. The molecule has 2 rings (SSSR count). The number of aromatic carboxylic acids is 1. The van der Waals surface area contributed by atoms with Gasteiger partial charge in [0.15, 0.2) is 0 Å². The molecule has 64 valence electrons. The third-order valence-electron chi connectivity index (χ3n) is 1.93. The van der Waals surface area contributed by atoms with Gasteiger partial charge in [-0.15, -0.1) is 11.3 Å². The minimum atomic E-state index is -0.849. The van der Waals surface area contributed by atoms with E-state index < -0.39 is 5.97 Å². The molecule has 0 bridgehead atoms. The molecule has 1 aromatic heterocycles. The van der Waals surface area contributed by atoms with Crippen molar-refractivity contribution in [3.63, 3.8) is 0 Å². The van der Waals surface area contributed by atoms with Crippen molar-refractivity contribution in [1.82, 2.24) is 0 Å². The topological polar surface area (TPSA) is 46.5 Å². The van der Waals surface area contributed by atoms with Gasteiger partial charge in [-0.25, -0.2) is 4.79 Å². The predicted octanol–water partition coefficient (Wildman–Crippen LogP) is 1.52. The molecule has 1 aromatic rings. The van der Waals surface area contributed by atoms with E-state index in [2.05, 4.69) is 0 Å². The summed E-state index contributed by atoms with van der Waals surface area (Å²) in [6, 6.07) is 0. The summed E-state index contributed by atoms with van der Waals surface area (Å²) in [7, 11) is 0. The first-order valence-corrected chi connectivity index (χ1v) is 4.57. The molecule has 1 aliphatic heterocycles. The van der Waals surface area contributed by atoms with Crippen LogP contribution in [0.3, 0.4) is 0 Å². The Morgan fingerprint density at radius 3 is 3.25 bits per heavy atom. The molecule has 0 atom stereocenters. The van der Waals surface area contributed by atoms with Gasteiger partial charge in [-0.2, -0.15) is 0 Å². The Hall–Kier alpha value is -0.870. The summed E-state index contributed by atoms with van der Waals surface area (Å²) in [5.74, 6) is -0.849. The van der Waals surface area contributed by atoms with Gasteiger partial charge >= 0.3 is 5.97 Å². The zero-order valence-corrected chi connectivity index (χ0v) is 7.19. The van der Waals surface area contributed by atoms with Gasteiger partial charge in [0.2, 0.25) is 0 Å². The van der Waals surface area contributed by atoms with Crippen molar-refractivity contribution in [3.8, 4) is 0 Å². The predicted molar refractivity (Wildman–Crippen MR) is 44.6 cm³/mol. The second-order valence-electron chi connectivity index (χ2n) is 2.66. The standard InChI is InChI=1S/C8H8O3S/c9-8(10)6-4-12-7-1-2-11-3-5(6)7/h4H,1-3H2,(H,9,10). The molecule has 0 unspecified atom stereocenters. The highest BCUT2D eigenvalue weighted by molar-refractivity contribution is 7.10. The minimum absolute atomic E-state index is 0.412. The smallest absolute Gasteiger partial charge is 0.336 e. The van der Waals surface area contributed by atoms with Crippen molar-refractivity contribution >= 4 is 17.3 Å². The number of thiophene rings is 1. The van der Waals surface area contributed by atoms with Crippen molar-refractivity contribution < 1.29 is 14.6 Å². The third-order valence-corrected chi connectivity index (χ3v) is 3.02. The van der Waals surface area contributed by atoms with Gasteiger partial charge in [-0.05, 0) is 0 Å². The molecular formula is C8H8O3S. The number of rotatable bonds is 1. The molecular weight excluding hydrogens is 176 g/mol. The van der Waals surface area contributed by atoms with Crippen LogP contribution in [0.4, 0.5) is 0 Å². The fraction of sp³-hybridized carbons (Fsp3) is 0.375. The lowest BCUT2D eigenvalue weighted by Crippen LogP contribution is -2.10. The Balaban J connectivity index is 2.44. The number of hydrogen-bond donors (Lipinski definition) is 1. The van der Waals surface area contributed by atoms with E-state index >= 15 is 0 Å². The average Bonchev–Trinajstić information content (AvgIpc) is 2.47. The number of hydrogen-bond acceptors (Lipinski definition) is 3. The number of carboxylic acid groups (broad SMARTS) is 1. The molecule has 0 aromatic carbocycles. The molecule has 12 heavy (non-hydrogen) atoms. The highest BCUT2D eigenvalue weighted by Crippen LogP contribution is 2.27. The van der Waals surface area contributed by atoms with E-state index in [9.17, 15) is 4.79 Å². The summed E-state index contributed by atoms with van der Waals surface area (Å²) in [5.41, 5.74) is 1.29. The highest BCUT2D eigenvalue weighted by Gasteiger charge is 2.19. The zero-order chi connectivity index (χ0) is 8.55. The van der Waals surface area contributed by atoms with E-state index in [-0.39, 0.29) is 0 Å². The lowest BCUT2D eigenvalue weighted by atomic mass is 10.1. The highest BCUT2D eigenvalue weighted by atomic mass is 32.1. The minimum Gasteiger partial charge on any atom is -0.478 e. The van der Waals surface area contributed by atoms with Crippen LogP contribution in [0, 0.1) is 0 Å². The van der Waals surface area contributed by atoms with E-state index in [1.807, 2.05) is 0 Å². The quantitative estimate of drug-likeness (QED) is 0.719. The van der Waals surface area contributed by atoms with Gasteiger partial charge in [-0.3, -0.25) is 0 Å². The molecule has 1 aliphatic rings. The molecule has 1 N–H and O–H groups in total. The van der Waals surface area contributed by atoms with Gasteiger partial charge in [0, 0.05) is 22.2 Å². The monoisotopic (exact) mass is 184 g/mol. The van der Waals surface area contributed by atoms with Crippen LogP contribution in [-0.4, -0.2) is 17.7 Å². The van der Waals surface area contributed by atoms with Crippen LogP contribution in [0.15, 0.2) is 5.38 Å². The first-order valence-electron chi connectivity index (χ1n) is 3.69. The van der Waals surface area contributed by atoms with Crippen LogP contribution in [-0.2, 0) is 17.8 Å². The van der Waals surface area contributed by atoms with E-state index in [0.29, 0.717) is 18.8 Å². The van der Waals surface area contributed by atoms with Crippen molar-refractivity contribution in [2.45, 2.75) is 13.0 Å². The van der Waals surface area contributed by atoms with Crippen LogP contribution in [0.25, 0.3) is 0 Å². The van der Waals surface area contributed by atoms with Crippen molar-refractivity contribution in [2.75, 3.05) is 6.61 Å². The third kappa shape index (κ3) is 1.13. The van der Waals surface area contributed by atoms with Gasteiger partial charge in [0.1, 0.15) is 0 Å². The molecule has 0 amide bonds. The van der Waals surface area contributed by atoms with E-state index in [1.54, 1.807) is 5.38 Å². The molecule has 4 heteroatoms. The summed E-state index contributed by atoms with van der Waals surface area (Å²) in [4.78, 5) is 11.9. The van der Waals surface area contributed by atoms with Crippen molar-refractivity contribution in [2.24, 2.45) is 0 Å². The number of ether oxygens (including phenoxy) is 1. The van der Waals surface area contributed by atoms with Crippen LogP contribution < -0.4 is 0 Å². The summed E-state index contributed by atoms with van der Waals surface area (Å²) in [6.45, 7) is 1.17. The summed E-state index contributed by atoms with van der Waals surface area (Å²) in [6.07, 6.45) is 0.854. The molecule has 0 saturated heterocycles. The van der Waals surface area contributed by atoms with Crippen LogP contribution in [0.5, 0.6) is 0 Å². The second-order valence-corrected chi connectivity index (χ2v) is 3.62. The molecule has 0 spiro atoms. The van der Waals surface area contributed by atoms with E-state index in [1.165, 1.54) is 16.2 Å². The Morgan fingerprint density at radius 1 is 1.67 bits per heavy atom. The Labute approximate surface area is 73.6 Å². The van der Waals surface area contributed by atoms with Crippen LogP contribution in [0.2, 0.25) is 0 Å². The maximum Gasteiger partial charge on any atom is 0.336 e. The lowest BCUT2D eigenvalue weighted by Gasteiger charge is -2.12. The fourth-order valence-electron chi connectivity index (χ4n) is 1.31. The summed E-state index contributed by atoms with van der Waals surface area (Å²) in [5, 5.41) is 10.5.